The highest BCUT2D eigenvalue weighted by Gasteiger charge is 2.17. The molecule has 0 unspecified atom stereocenters. The lowest BCUT2D eigenvalue weighted by atomic mass is 10.1. The van der Waals surface area contributed by atoms with E-state index >= 15 is 0 Å². The number of nitrogens with one attached hydrogen (secondary N) is 1. The van der Waals surface area contributed by atoms with Gasteiger partial charge in [0.1, 0.15) is 11.5 Å². The summed E-state index contributed by atoms with van der Waals surface area (Å²) in [5.41, 5.74) is 2.16. The second-order valence-corrected chi connectivity index (χ2v) is 5.19. The van der Waals surface area contributed by atoms with Crippen molar-refractivity contribution in [2.75, 3.05) is 6.54 Å². The molecule has 2 aromatic rings. The first-order valence-electron chi connectivity index (χ1n) is 6.74. The van der Waals surface area contributed by atoms with Crippen LogP contribution in [0.5, 0.6) is 0 Å². The fourth-order valence-corrected chi connectivity index (χ4v) is 2.16. The Balaban J connectivity index is 2.12. The molecule has 2 rings (SSSR count). The molecule has 4 nitrogen and oxygen atoms in total. The van der Waals surface area contributed by atoms with Crippen LogP contribution in [0.25, 0.3) is 11.3 Å². The summed E-state index contributed by atoms with van der Waals surface area (Å²) < 4.78 is 11.4. The van der Waals surface area contributed by atoms with Crippen molar-refractivity contribution in [3.63, 3.8) is 0 Å². The minimum absolute atomic E-state index is 0.482. The maximum Gasteiger partial charge on any atom is 0.196 e. The number of hydrogen-bond acceptors (Lipinski definition) is 4. The monoisotopic (exact) mass is 262 g/mol. The SMILES string of the molecule is Cc1oc(C)c(-c2cnc(CCNC(C)C)o2)c1C. The molecule has 0 aromatic carbocycles. The molecular formula is C15H22N2O2. The summed E-state index contributed by atoms with van der Waals surface area (Å²) in [4.78, 5) is 4.33. The fourth-order valence-electron chi connectivity index (χ4n) is 2.16. The van der Waals surface area contributed by atoms with Crippen LogP contribution >= 0.6 is 0 Å². The van der Waals surface area contributed by atoms with Crippen molar-refractivity contribution in [1.29, 1.82) is 0 Å². The topological polar surface area (TPSA) is 51.2 Å². The Morgan fingerprint density at radius 1 is 1.16 bits per heavy atom. The molecule has 4 heteroatoms. The Morgan fingerprint density at radius 3 is 2.47 bits per heavy atom. The van der Waals surface area contributed by atoms with Crippen LogP contribution in [0.4, 0.5) is 0 Å². The third-order valence-electron chi connectivity index (χ3n) is 3.25. The van der Waals surface area contributed by atoms with Gasteiger partial charge in [-0.2, -0.15) is 0 Å². The molecule has 0 radical (unpaired) electrons. The molecule has 0 amide bonds. The summed E-state index contributed by atoms with van der Waals surface area (Å²) in [6.45, 7) is 11.1. The maximum atomic E-state index is 5.82. The molecule has 19 heavy (non-hydrogen) atoms. The number of rotatable bonds is 5. The summed E-state index contributed by atoms with van der Waals surface area (Å²) in [7, 11) is 0. The van der Waals surface area contributed by atoms with Gasteiger partial charge in [-0.25, -0.2) is 4.98 Å². The predicted octanol–water partition coefficient (Wildman–Crippen LogP) is 3.40. The number of nitrogens with zero attached hydrogens (tertiary/aromatic N) is 1. The zero-order chi connectivity index (χ0) is 14.0. The molecule has 0 atom stereocenters. The van der Waals surface area contributed by atoms with E-state index in [1.165, 1.54) is 0 Å². The fraction of sp³-hybridized carbons (Fsp3) is 0.533. The van der Waals surface area contributed by atoms with Gasteiger partial charge in [0.05, 0.1) is 11.8 Å². The van der Waals surface area contributed by atoms with E-state index in [4.69, 9.17) is 8.83 Å². The molecule has 0 saturated carbocycles. The first-order chi connectivity index (χ1) is 8.99. The Kier molecular flexibility index (Phi) is 4.10. The molecule has 0 aliphatic heterocycles. The average Bonchev–Trinajstić information content (AvgIpc) is 2.85. The van der Waals surface area contributed by atoms with E-state index < -0.39 is 0 Å². The molecule has 1 N–H and O–H groups in total. The smallest absolute Gasteiger partial charge is 0.196 e. The van der Waals surface area contributed by atoms with Crippen LogP contribution in [0.3, 0.4) is 0 Å². The van der Waals surface area contributed by atoms with Crippen LogP contribution in [-0.2, 0) is 6.42 Å². The highest BCUT2D eigenvalue weighted by Crippen LogP contribution is 2.31. The quantitative estimate of drug-likeness (QED) is 0.897. The molecule has 0 spiro atoms. The largest absolute Gasteiger partial charge is 0.466 e. The van der Waals surface area contributed by atoms with E-state index in [1.54, 1.807) is 6.20 Å². The highest BCUT2D eigenvalue weighted by atomic mass is 16.4. The van der Waals surface area contributed by atoms with Gasteiger partial charge < -0.3 is 14.2 Å². The Labute approximate surface area is 114 Å². The number of hydrogen-bond donors (Lipinski definition) is 1. The molecule has 2 heterocycles. The van der Waals surface area contributed by atoms with Crippen LogP contribution in [-0.4, -0.2) is 17.6 Å². The zero-order valence-electron chi connectivity index (χ0n) is 12.3. The number of aryl methyl sites for hydroxylation is 2. The van der Waals surface area contributed by atoms with Crippen molar-refractivity contribution in [2.45, 2.75) is 47.1 Å². The Bertz CT molecular complexity index is 552. The zero-order valence-corrected chi connectivity index (χ0v) is 12.3. The van der Waals surface area contributed by atoms with Crippen molar-refractivity contribution < 1.29 is 8.83 Å². The van der Waals surface area contributed by atoms with Gasteiger partial charge >= 0.3 is 0 Å². The van der Waals surface area contributed by atoms with Crippen molar-refractivity contribution in [1.82, 2.24) is 10.3 Å². The van der Waals surface area contributed by atoms with Crippen LogP contribution in [0.1, 0.15) is 36.8 Å². The average molecular weight is 262 g/mol. The van der Waals surface area contributed by atoms with Crippen molar-refractivity contribution >= 4 is 0 Å². The summed E-state index contributed by atoms with van der Waals surface area (Å²) >= 11 is 0. The first kappa shape index (κ1) is 13.9. The molecule has 0 aliphatic rings. The molecular weight excluding hydrogens is 240 g/mol. The van der Waals surface area contributed by atoms with Gasteiger partial charge in [-0.3, -0.25) is 0 Å². The lowest BCUT2D eigenvalue weighted by Crippen LogP contribution is -2.24. The van der Waals surface area contributed by atoms with Gasteiger partial charge in [0, 0.05) is 24.6 Å². The predicted molar refractivity (Wildman–Crippen MR) is 75.3 cm³/mol. The van der Waals surface area contributed by atoms with Crippen LogP contribution in [0.2, 0.25) is 0 Å². The summed E-state index contributed by atoms with van der Waals surface area (Å²) in [5.74, 6) is 3.39. The molecule has 0 aliphatic carbocycles. The van der Waals surface area contributed by atoms with E-state index in [0.717, 1.165) is 47.3 Å². The van der Waals surface area contributed by atoms with Crippen molar-refractivity contribution in [3.05, 3.63) is 29.2 Å². The number of aromatic nitrogens is 1. The minimum atomic E-state index is 0.482. The van der Waals surface area contributed by atoms with Gasteiger partial charge in [0.15, 0.2) is 11.7 Å². The second kappa shape index (κ2) is 5.61. The molecule has 0 fully saturated rings. The normalized spacial score (nSPS) is 11.5. The Hall–Kier alpha value is -1.55. The maximum absolute atomic E-state index is 5.82. The Morgan fingerprint density at radius 2 is 1.89 bits per heavy atom. The summed E-state index contributed by atoms with van der Waals surface area (Å²) in [6.07, 6.45) is 2.59. The minimum Gasteiger partial charge on any atom is -0.466 e. The lowest BCUT2D eigenvalue weighted by Gasteiger charge is -2.05. The molecule has 104 valence electrons. The standard InChI is InChI=1S/C15H22N2O2/c1-9(2)16-7-6-14-17-8-13(19-14)15-10(3)11(4)18-12(15)5/h8-9,16H,6-7H2,1-5H3. The summed E-state index contributed by atoms with van der Waals surface area (Å²) in [6, 6.07) is 0.482. The molecule has 0 bridgehead atoms. The second-order valence-electron chi connectivity index (χ2n) is 5.19. The van der Waals surface area contributed by atoms with Gasteiger partial charge in [0.25, 0.3) is 0 Å². The lowest BCUT2D eigenvalue weighted by molar-refractivity contribution is 0.480. The third-order valence-corrected chi connectivity index (χ3v) is 3.25. The number of oxazole rings is 1. The van der Waals surface area contributed by atoms with Gasteiger partial charge in [-0.15, -0.1) is 0 Å². The molecule has 2 aromatic heterocycles. The van der Waals surface area contributed by atoms with E-state index in [9.17, 15) is 0 Å². The van der Waals surface area contributed by atoms with Crippen LogP contribution in [0.15, 0.2) is 15.0 Å². The van der Waals surface area contributed by atoms with E-state index in [1.807, 2.05) is 20.8 Å². The molecule has 0 saturated heterocycles. The third kappa shape index (κ3) is 3.07. The van der Waals surface area contributed by atoms with Crippen molar-refractivity contribution in [2.24, 2.45) is 0 Å². The van der Waals surface area contributed by atoms with E-state index in [0.29, 0.717) is 6.04 Å². The highest BCUT2D eigenvalue weighted by molar-refractivity contribution is 5.64. The number of furan rings is 1. The van der Waals surface area contributed by atoms with E-state index in [-0.39, 0.29) is 0 Å². The first-order valence-corrected chi connectivity index (χ1v) is 6.74. The summed E-state index contributed by atoms with van der Waals surface area (Å²) in [5, 5.41) is 3.35. The van der Waals surface area contributed by atoms with Gasteiger partial charge in [-0.1, -0.05) is 13.8 Å². The van der Waals surface area contributed by atoms with Gasteiger partial charge in [-0.05, 0) is 20.8 Å². The van der Waals surface area contributed by atoms with Gasteiger partial charge in [0.2, 0.25) is 0 Å². The van der Waals surface area contributed by atoms with E-state index in [2.05, 4.69) is 24.1 Å². The van der Waals surface area contributed by atoms with Crippen molar-refractivity contribution in [3.8, 4) is 11.3 Å². The van der Waals surface area contributed by atoms with Crippen LogP contribution < -0.4 is 5.32 Å². The van der Waals surface area contributed by atoms with Crippen LogP contribution in [0, 0.1) is 20.8 Å².